The molecule has 2 unspecified atom stereocenters. The second kappa shape index (κ2) is 8.33. The summed E-state index contributed by atoms with van der Waals surface area (Å²) in [5, 5.41) is 10.2. The minimum Gasteiger partial charge on any atom is -0.508 e. The Balaban J connectivity index is 1.48. The maximum atomic E-state index is 13.1. The normalized spacial score (nSPS) is 22.0. The van der Waals surface area contributed by atoms with E-state index in [9.17, 15) is 13.5 Å². The van der Waals surface area contributed by atoms with Crippen molar-refractivity contribution < 1.29 is 23.1 Å². The summed E-state index contributed by atoms with van der Waals surface area (Å²) in [5.74, 6) is 0.375. The monoisotopic (exact) mass is 464 g/mol. The van der Waals surface area contributed by atoms with Gasteiger partial charge in [0.1, 0.15) is 12.4 Å². The van der Waals surface area contributed by atoms with Crippen LogP contribution in [0.15, 0.2) is 84.6 Å². The molecule has 0 amide bonds. The number of hydroxylamine groups is 1. The van der Waals surface area contributed by atoms with Gasteiger partial charge in [-0.05, 0) is 42.5 Å². The van der Waals surface area contributed by atoms with E-state index in [2.05, 4.69) is 12.1 Å². The Hall–Kier alpha value is -3.13. The number of aryl methyl sites for hydroxylation is 1. The Morgan fingerprint density at radius 2 is 1.73 bits per heavy atom. The molecule has 7 heteroatoms. The number of hydrogen-bond donors (Lipinski definition) is 1. The summed E-state index contributed by atoms with van der Waals surface area (Å²) in [4.78, 5) is 5.93. The van der Waals surface area contributed by atoms with Gasteiger partial charge < -0.3 is 9.84 Å². The maximum Gasteiger partial charge on any atom is 0.342 e. The first-order valence-electron chi connectivity index (χ1n) is 11.0. The Kier molecular flexibility index (Phi) is 5.48. The number of sulfonamides is 1. The fraction of sp³-hybridized carbons (Fsp3) is 0.231. The van der Waals surface area contributed by atoms with Crippen molar-refractivity contribution >= 4 is 15.7 Å². The van der Waals surface area contributed by atoms with E-state index in [1.54, 1.807) is 6.07 Å². The molecule has 5 rings (SSSR count). The lowest BCUT2D eigenvalue weighted by Crippen LogP contribution is -2.62. The van der Waals surface area contributed by atoms with Crippen molar-refractivity contribution in [2.75, 3.05) is 12.9 Å². The van der Waals surface area contributed by atoms with Crippen LogP contribution < -0.4 is 8.89 Å². The molecule has 6 nitrogen and oxygen atoms in total. The SMILES string of the molecule is CS(=O)(=O)[N+]1(C2=CCC(CCc3ccccc3)OC2)Oc2cc(O)cc(-c3ccccc3)c21. The van der Waals surface area contributed by atoms with E-state index >= 15 is 0 Å². The summed E-state index contributed by atoms with van der Waals surface area (Å²) >= 11 is 0. The number of quaternary nitrogens is 1. The summed E-state index contributed by atoms with van der Waals surface area (Å²) in [6, 6.07) is 22.7. The van der Waals surface area contributed by atoms with Gasteiger partial charge in [-0.25, -0.2) is 0 Å². The van der Waals surface area contributed by atoms with E-state index < -0.39 is 14.1 Å². The van der Waals surface area contributed by atoms with Crippen LogP contribution in [0.1, 0.15) is 18.4 Å². The van der Waals surface area contributed by atoms with E-state index in [-0.39, 0.29) is 18.5 Å². The summed E-state index contributed by atoms with van der Waals surface area (Å²) in [6.07, 6.45) is 5.48. The van der Waals surface area contributed by atoms with E-state index in [0.717, 1.165) is 18.4 Å². The number of nitrogens with zero attached hydrogens (tertiary/aromatic N) is 1. The third kappa shape index (κ3) is 3.82. The predicted octanol–water partition coefficient (Wildman–Crippen LogP) is 4.94. The molecule has 0 aromatic heterocycles. The van der Waals surface area contributed by atoms with Crippen LogP contribution in [0.2, 0.25) is 0 Å². The van der Waals surface area contributed by atoms with Gasteiger partial charge in [0.25, 0.3) is 11.4 Å². The molecule has 3 aromatic carbocycles. The topological polar surface area (TPSA) is 72.8 Å². The second-order valence-electron chi connectivity index (χ2n) is 8.47. The molecular formula is C26H26NO5S+. The van der Waals surface area contributed by atoms with Gasteiger partial charge in [-0.15, -0.1) is 0 Å². The van der Waals surface area contributed by atoms with Crippen LogP contribution in [0.5, 0.6) is 11.5 Å². The zero-order chi connectivity index (χ0) is 23.1. The van der Waals surface area contributed by atoms with Crippen molar-refractivity contribution in [3.63, 3.8) is 0 Å². The molecular weight excluding hydrogens is 438 g/mol. The van der Waals surface area contributed by atoms with Gasteiger partial charge in [0.05, 0.1) is 17.9 Å². The molecule has 33 heavy (non-hydrogen) atoms. The average Bonchev–Trinajstić information content (AvgIpc) is 2.80. The Bertz CT molecular complexity index is 1310. The predicted molar refractivity (Wildman–Crippen MR) is 128 cm³/mol. The quantitative estimate of drug-likeness (QED) is 0.523. The number of fused-ring (bicyclic) bond motifs is 1. The highest BCUT2D eigenvalue weighted by Gasteiger charge is 2.61. The minimum absolute atomic E-state index is 0.0164. The van der Waals surface area contributed by atoms with E-state index in [4.69, 9.17) is 9.57 Å². The van der Waals surface area contributed by atoms with E-state index in [1.165, 1.54) is 17.9 Å². The molecule has 1 N–H and O–H groups in total. The molecule has 2 heterocycles. The highest BCUT2D eigenvalue weighted by molar-refractivity contribution is 7.90. The zero-order valence-electron chi connectivity index (χ0n) is 18.3. The molecule has 2 aliphatic rings. The van der Waals surface area contributed by atoms with Crippen molar-refractivity contribution in [3.8, 4) is 22.6 Å². The zero-order valence-corrected chi connectivity index (χ0v) is 19.2. The Morgan fingerprint density at radius 1 is 1.03 bits per heavy atom. The smallest absolute Gasteiger partial charge is 0.342 e. The molecule has 0 saturated carbocycles. The first-order valence-corrected chi connectivity index (χ1v) is 12.8. The fourth-order valence-electron chi connectivity index (χ4n) is 4.57. The van der Waals surface area contributed by atoms with Crippen molar-refractivity contribution in [2.45, 2.75) is 25.4 Å². The van der Waals surface area contributed by atoms with Gasteiger partial charge in [0.2, 0.25) is 0 Å². The van der Waals surface area contributed by atoms with E-state index in [0.29, 0.717) is 29.1 Å². The third-order valence-corrected chi connectivity index (χ3v) is 7.62. The first kappa shape index (κ1) is 21.7. The highest BCUT2D eigenvalue weighted by atomic mass is 32.2. The van der Waals surface area contributed by atoms with Gasteiger partial charge in [-0.1, -0.05) is 60.7 Å². The number of phenols is 1. The summed E-state index contributed by atoms with van der Waals surface area (Å²) < 4.78 is 31.7. The molecule has 0 aliphatic carbocycles. The molecule has 0 saturated heterocycles. The third-order valence-electron chi connectivity index (χ3n) is 6.19. The lowest BCUT2D eigenvalue weighted by Gasteiger charge is -2.42. The maximum absolute atomic E-state index is 13.1. The number of ether oxygens (including phenoxy) is 1. The van der Waals surface area contributed by atoms with Crippen LogP contribution in [0.25, 0.3) is 11.1 Å². The van der Waals surface area contributed by atoms with Crippen molar-refractivity contribution in [1.82, 2.24) is 4.05 Å². The molecule has 0 spiro atoms. The van der Waals surface area contributed by atoms with Gasteiger partial charge in [0.15, 0.2) is 5.70 Å². The van der Waals surface area contributed by atoms with Crippen LogP contribution >= 0.6 is 0 Å². The number of phenolic OH excluding ortho intramolecular Hbond substituents is 1. The standard InChI is InChI=1S/C26H25NO5S/c1-33(29,30)27(21-13-15-23(31-18-21)14-12-19-8-4-2-5-9-19)26-24(20-10-6-3-7-11-20)16-22(28)17-25(26)32-27/h2-11,13,16-17,23H,12,14-15,18H2,1H3/p+1. The van der Waals surface area contributed by atoms with Crippen molar-refractivity contribution in [2.24, 2.45) is 0 Å². The van der Waals surface area contributed by atoms with Crippen LogP contribution in [0.4, 0.5) is 5.69 Å². The number of rotatable bonds is 6. The van der Waals surface area contributed by atoms with Crippen molar-refractivity contribution in [3.05, 3.63) is 90.1 Å². The first-order chi connectivity index (χ1) is 15.9. The molecule has 2 atom stereocenters. The Labute approximate surface area is 193 Å². The molecule has 3 aromatic rings. The molecule has 0 bridgehead atoms. The molecule has 0 radical (unpaired) electrons. The van der Waals surface area contributed by atoms with Gasteiger partial charge in [0, 0.05) is 10.1 Å². The summed E-state index contributed by atoms with van der Waals surface area (Å²) in [5.41, 5.74) is 3.71. The lowest BCUT2D eigenvalue weighted by molar-refractivity contribution is -0.0155. The van der Waals surface area contributed by atoms with Crippen LogP contribution in [-0.4, -0.2) is 32.5 Å². The summed E-state index contributed by atoms with van der Waals surface area (Å²) in [6.45, 7) is 0.154. The molecule has 170 valence electrons. The molecule has 2 aliphatic heterocycles. The average molecular weight is 465 g/mol. The largest absolute Gasteiger partial charge is 0.508 e. The number of benzene rings is 3. The highest BCUT2D eigenvalue weighted by Crippen LogP contribution is 2.56. The van der Waals surface area contributed by atoms with Crippen LogP contribution in [0.3, 0.4) is 0 Å². The Morgan fingerprint density at radius 3 is 2.36 bits per heavy atom. The second-order valence-corrected chi connectivity index (χ2v) is 10.5. The van der Waals surface area contributed by atoms with Gasteiger partial charge in [-0.3, -0.25) is 4.84 Å². The van der Waals surface area contributed by atoms with Gasteiger partial charge >= 0.3 is 10.0 Å². The number of hydrogen-bond acceptors (Lipinski definition) is 5. The van der Waals surface area contributed by atoms with Gasteiger partial charge in [-0.2, -0.15) is 8.42 Å². The molecule has 0 fully saturated rings. The fourth-order valence-corrected chi connectivity index (χ4v) is 5.86. The lowest BCUT2D eigenvalue weighted by atomic mass is 10.00. The van der Waals surface area contributed by atoms with Crippen LogP contribution in [0, 0.1) is 0 Å². The van der Waals surface area contributed by atoms with Crippen LogP contribution in [-0.2, 0) is 21.2 Å². The van der Waals surface area contributed by atoms with Crippen molar-refractivity contribution in [1.29, 1.82) is 0 Å². The summed E-state index contributed by atoms with van der Waals surface area (Å²) in [7, 11) is -3.77. The minimum atomic E-state index is -3.77. The van der Waals surface area contributed by atoms with E-state index in [1.807, 2.05) is 54.6 Å². The number of aromatic hydroxyl groups is 1.